The minimum atomic E-state index is -0.697. The molecule has 1 atom stereocenters. The van der Waals surface area contributed by atoms with Crippen LogP contribution in [0.4, 0.5) is 4.39 Å². The van der Waals surface area contributed by atoms with Crippen LogP contribution in [0.5, 0.6) is 0 Å². The van der Waals surface area contributed by atoms with Gasteiger partial charge in [0, 0.05) is 6.54 Å². The van der Waals surface area contributed by atoms with Gasteiger partial charge in [-0.25, -0.2) is 4.39 Å². The van der Waals surface area contributed by atoms with Crippen LogP contribution >= 0.6 is 23.2 Å². The molecule has 0 radical (unpaired) electrons. The minimum absolute atomic E-state index is 0.0205. The van der Waals surface area contributed by atoms with Crippen LogP contribution in [0.15, 0.2) is 12.1 Å². The van der Waals surface area contributed by atoms with E-state index in [0.29, 0.717) is 0 Å². The van der Waals surface area contributed by atoms with Gasteiger partial charge in [-0.15, -0.1) is 0 Å². The molecule has 0 aromatic heterocycles. The molecule has 2 rings (SSSR count). The number of hydrogen-bond donors (Lipinski definition) is 2. The van der Waals surface area contributed by atoms with Gasteiger partial charge < -0.3 is 10.4 Å². The zero-order valence-corrected chi connectivity index (χ0v) is 12.3. The Bertz CT molecular complexity index is 504. The van der Waals surface area contributed by atoms with E-state index in [1.165, 1.54) is 6.07 Å². The quantitative estimate of drug-likeness (QED) is 0.835. The summed E-state index contributed by atoms with van der Waals surface area (Å²) >= 11 is 11.4. The van der Waals surface area contributed by atoms with Crippen molar-refractivity contribution in [2.75, 3.05) is 6.54 Å². The first-order valence-corrected chi connectivity index (χ1v) is 7.35. The van der Waals surface area contributed by atoms with Crippen LogP contribution in [0.1, 0.15) is 36.0 Å². The van der Waals surface area contributed by atoms with Crippen LogP contribution in [-0.4, -0.2) is 23.7 Å². The Hall–Kier alpha value is -0.840. The molecule has 1 aromatic rings. The zero-order chi connectivity index (χ0) is 14.7. The highest BCUT2D eigenvalue weighted by molar-refractivity contribution is 6.36. The third-order valence-corrected chi connectivity index (χ3v) is 4.27. The standard InChI is InChI=1S/C14H16Cl2FNO2/c15-10-6-11(16)12(17)5-9(10)14(20)18-7-13(19)8-3-1-2-4-8/h5-6,8,13,19H,1-4,7H2,(H,18,20). The normalized spacial score (nSPS) is 17.2. The van der Waals surface area contributed by atoms with Gasteiger partial charge in [0.2, 0.25) is 0 Å². The second kappa shape index (κ2) is 6.74. The highest BCUT2D eigenvalue weighted by Gasteiger charge is 2.24. The number of rotatable bonds is 4. The molecule has 0 saturated heterocycles. The molecule has 0 bridgehead atoms. The lowest BCUT2D eigenvalue weighted by atomic mass is 10.0. The molecule has 1 saturated carbocycles. The second-order valence-electron chi connectivity index (χ2n) is 5.07. The number of halogens is 3. The first-order chi connectivity index (χ1) is 9.49. The van der Waals surface area contributed by atoms with Crippen molar-refractivity contribution in [3.8, 4) is 0 Å². The Morgan fingerprint density at radius 3 is 2.65 bits per heavy atom. The number of amides is 1. The molecule has 1 aliphatic carbocycles. The average molecular weight is 320 g/mol. The molecule has 1 amide bonds. The third kappa shape index (κ3) is 3.62. The van der Waals surface area contributed by atoms with Crippen LogP contribution in [0.3, 0.4) is 0 Å². The second-order valence-corrected chi connectivity index (χ2v) is 5.88. The van der Waals surface area contributed by atoms with Crippen molar-refractivity contribution in [2.45, 2.75) is 31.8 Å². The van der Waals surface area contributed by atoms with Crippen molar-refractivity contribution in [1.82, 2.24) is 5.32 Å². The Morgan fingerprint density at radius 2 is 2.00 bits per heavy atom. The number of aliphatic hydroxyl groups excluding tert-OH is 1. The monoisotopic (exact) mass is 319 g/mol. The molecule has 20 heavy (non-hydrogen) atoms. The van der Waals surface area contributed by atoms with E-state index in [1.807, 2.05) is 0 Å². The average Bonchev–Trinajstić information content (AvgIpc) is 2.94. The van der Waals surface area contributed by atoms with Gasteiger partial charge in [-0.3, -0.25) is 4.79 Å². The summed E-state index contributed by atoms with van der Waals surface area (Å²) in [6, 6.07) is 2.20. The molecular weight excluding hydrogens is 304 g/mol. The van der Waals surface area contributed by atoms with Crippen molar-refractivity contribution < 1.29 is 14.3 Å². The zero-order valence-electron chi connectivity index (χ0n) is 10.8. The SMILES string of the molecule is O=C(NCC(O)C1CCCC1)c1cc(F)c(Cl)cc1Cl. The van der Waals surface area contributed by atoms with Crippen LogP contribution in [0, 0.1) is 11.7 Å². The van der Waals surface area contributed by atoms with E-state index in [-0.39, 0.29) is 28.1 Å². The Labute approximate surface area is 127 Å². The summed E-state index contributed by atoms with van der Waals surface area (Å²) in [5.74, 6) is -0.979. The number of carbonyl (C=O) groups excluding carboxylic acids is 1. The Kier molecular flexibility index (Phi) is 5.24. The fraction of sp³-hybridized carbons (Fsp3) is 0.500. The van der Waals surface area contributed by atoms with Crippen LogP contribution in [0.25, 0.3) is 0 Å². The number of carbonyl (C=O) groups is 1. The van der Waals surface area contributed by atoms with Gasteiger partial charge in [0.15, 0.2) is 0 Å². The Balaban J connectivity index is 1.96. The summed E-state index contributed by atoms with van der Waals surface area (Å²) in [6.07, 6.45) is 3.62. The molecule has 2 N–H and O–H groups in total. The van der Waals surface area contributed by atoms with E-state index < -0.39 is 17.8 Å². The van der Waals surface area contributed by atoms with E-state index in [4.69, 9.17) is 23.2 Å². The van der Waals surface area contributed by atoms with E-state index in [0.717, 1.165) is 31.7 Å². The topological polar surface area (TPSA) is 49.3 Å². The molecule has 1 fully saturated rings. The van der Waals surface area contributed by atoms with E-state index in [2.05, 4.69) is 5.32 Å². The maximum Gasteiger partial charge on any atom is 0.252 e. The van der Waals surface area contributed by atoms with Gasteiger partial charge in [0.05, 0.1) is 21.7 Å². The van der Waals surface area contributed by atoms with Gasteiger partial charge >= 0.3 is 0 Å². The minimum Gasteiger partial charge on any atom is -0.391 e. The smallest absolute Gasteiger partial charge is 0.252 e. The van der Waals surface area contributed by atoms with Crippen molar-refractivity contribution >= 4 is 29.1 Å². The molecule has 1 unspecified atom stereocenters. The lowest BCUT2D eigenvalue weighted by Crippen LogP contribution is -2.35. The molecule has 0 spiro atoms. The predicted octanol–water partition coefficient (Wildman–Crippen LogP) is 3.41. The molecule has 110 valence electrons. The number of aliphatic hydroxyl groups is 1. The van der Waals surface area contributed by atoms with Gasteiger partial charge in [-0.1, -0.05) is 36.0 Å². The fourth-order valence-electron chi connectivity index (χ4n) is 2.50. The summed E-state index contributed by atoms with van der Waals surface area (Å²) in [7, 11) is 0. The predicted molar refractivity (Wildman–Crippen MR) is 76.7 cm³/mol. The maximum absolute atomic E-state index is 13.3. The fourth-order valence-corrected chi connectivity index (χ4v) is 2.97. The summed E-state index contributed by atoms with van der Waals surface area (Å²) in [4.78, 5) is 11.9. The molecule has 0 aliphatic heterocycles. The largest absolute Gasteiger partial charge is 0.391 e. The van der Waals surface area contributed by atoms with Crippen molar-refractivity contribution in [3.05, 3.63) is 33.6 Å². The first kappa shape index (κ1) is 15.5. The highest BCUT2D eigenvalue weighted by atomic mass is 35.5. The van der Waals surface area contributed by atoms with Gasteiger partial charge in [-0.2, -0.15) is 0 Å². The molecule has 1 aliphatic rings. The molecule has 1 aromatic carbocycles. The number of nitrogens with one attached hydrogen (secondary N) is 1. The summed E-state index contributed by atoms with van der Waals surface area (Å²) < 4.78 is 13.3. The summed E-state index contributed by atoms with van der Waals surface area (Å²) in [5.41, 5.74) is 0.0205. The summed E-state index contributed by atoms with van der Waals surface area (Å²) in [6.45, 7) is 0.143. The highest BCUT2D eigenvalue weighted by Crippen LogP contribution is 2.28. The van der Waals surface area contributed by atoms with Gasteiger partial charge in [0.1, 0.15) is 5.82 Å². The number of benzene rings is 1. The Morgan fingerprint density at radius 1 is 1.35 bits per heavy atom. The summed E-state index contributed by atoms with van der Waals surface area (Å²) in [5, 5.41) is 12.5. The lowest BCUT2D eigenvalue weighted by molar-refractivity contribution is 0.0840. The van der Waals surface area contributed by atoms with Crippen molar-refractivity contribution in [3.63, 3.8) is 0 Å². The van der Waals surface area contributed by atoms with Gasteiger partial charge in [-0.05, 0) is 30.9 Å². The molecule has 6 heteroatoms. The van der Waals surface area contributed by atoms with Crippen molar-refractivity contribution in [1.29, 1.82) is 0 Å². The maximum atomic E-state index is 13.3. The van der Waals surface area contributed by atoms with E-state index in [1.54, 1.807) is 0 Å². The van der Waals surface area contributed by atoms with Crippen LogP contribution in [0.2, 0.25) is 10.0 Å². The molecular formula is C14H16Cl2FNO2. The van der Waals surface area contributed by atoms with Crippen LogP contribution < -0.4 is 5.32 Å². The number of hydrogen-bond acceptors (Lipinski definition) is 2. The van der Waals surface area contributed by atoms with E-state index >= 15 is 0 Å². The van der Waals surface area contributed by atoms with Crippen LogP contribution in [-0.2, 0) is 0 Å². The lowest BCUT2D eigenvalue weighted by Gasteiger charge is -2.18. The van der Waals surface area contributed by atoms with E-state index in [9.17, 15) is 14.3 Å². The molecule has 3 nitrogen and oxygen atoms in total. The molecule has 0 heterocycles. The third-order valence-electron chi connectivity index (χ3n) is 3.67. The van der Waals surface area contributed by atoms with Gasteiger partial charge in [0.25, 0.3) is 5.91 Å². The first-order valence-electron chi connectivity index (χ1n) is 6.60. The van der Waals surface area contributed by atoms with Crippen molar-refractivity contribution in [2.24, 2.45) is 5.92 Å².